The van der Waals surface area contributed by atoms with Crippen molar-refractivity contribution in [1.29, 1.82) is 0 Å². The molecule has 0 aliphatic heterocycles. The first kappa shape index (κ1) is 21.7. The van der Waals surface area contributed by atoms with E-state index in [-0.39, 0.29) is 12.4 Å². The van der Waals surface area contributed by atoms with Crippen LogP contribution in [0.3, 0.4) is 0 Å². The van der Waals surface area contributed by atoms with E-state index in [1.54, 1.807) is 36.1 Å². The van der Waals surface area contributed by atoms with Crippen molar-refractivity contribution in [2.45, 2.75) is 32.3 Å². The van der Waals surface area contributed by atoms with Gasteiger partial charge in [0.15, 0.2) is 5.96 Å². The first-order valence-corrected chi connectivity index (χ1v) is 9.53. The third-order valence-corrected chi connectivity index (χ3v) is 4.16. The molecule has 154 valence electrons. The van der Waals surface area contributed by atoms with Crippen LogP contribution in [-0.2, 0) is 12.6 Å². The second-order valence-corrected chi connectivity index (χ2v) is 6.81. The van der Waals surface area contributed by atoms with Crippen LogP contribution in [0.15, 0.2) is 41.7 Å². The van der Waals surface area contributed by atoms with Gasteiger partial charge in [0, 0.05) is 31.9 Å². The third-order valence-electron chi connectivity index (χ3n) is 4.16. The van der Waals surface area contributed by atoms with Gasteiger partial charge >= 0.3 is 0 Å². The topological polar surface area (TPSA) is 83.7 Å². The van der Waals surface area contributed by atoms with Crippen LogP contribution in [0.5, 0.6) is 5.75 Å². The predicted octanol–water partition coefficient (Wildman–Crippen LogP) is 2.18. The van der Waals surface area contributed by atoms with Crippen LogP contribution in [0.25, 0.3) is 0 Å². The van der Waals surface area contributed by atoms with Crippen molar-refractivity contribution in [1.82, 2.24) is 20.4 Å². The van der Waals surface area contributed by atoms with Crippen LogP contribution < -0.4 is 15.4 Å². The fourth-order valence-electron chi connectivity index (χ4n) is 2.52. The number of aromatic nitrogens is 2. The zero-order valence-corrected chi connectivity index (χ0v) is 16.8. The summed E-state index contributed by atoms with van der Waals surface area (Å²) in [4.78, 5) is 4.49. The average Bonchev–Trinajstić information content (AvgIpc) is 3.11. The van der Waals surface area contributed by atoms with E-state index in [0.29, 0.717) is 18.3 Å². The Morgan fingerprint density at radius 3 is 2.68 bits per heavy atom. The monoisotopic (exact) mass is 391 g/mol. The van der Waals surface area contributed by atoms with E-state index in [0.717, 1.165) is 31.5 Å². The number of rotatable bonds is 10. The number of hydrogen-bond acceptors (Lipinski definition) is 4. The minimum Gasteiger partial charge on any atom is -0.494 e. The maximum atomic E-state index is 12.8. The summed E-state index contributed by atoms with van der Waals surface area (Å²) < 4.78 is 20.1. The first-order valence-electron chi connectivity index (χ1n) is 9.53. The van der Waals surface area contributed by atoms with Gasteiger partial charge in [0.2, 0.25) is 0 Å². The number of nitrogens with zero attached hydrogens (tertiary/aromatic N) is 3. The summed E-state index contributed by atoms with van der Waals surface area (Å²) in [5.41, 5.74) is -0.355. The van der Waals surface area contributed by atoms with Gasteiger partial charge in [0.1, 0.15) is 17.2 Å². The molecule has 7 nitrogen and oxygen atoms in total. The van der Waals surface area contributed by atoms with E-state index >= 15 is 0 Å². The van der Waals surface area contributed by atoms with E-state index in [9.17, 15) is 9.50 Å². The number of nitrogens with one attached hydrogen (secondary N) is 2. The first-order chi connectivity index (χ1) is 13.4. The van der Waals surface area contributed by atoms with Crippen LogP contribution in [0.1, 0.15) is 32.3 Å². The summed E-state index contributed by atoms with van der Waals surface area (Å²) in [6.45, 7) is 5.97. The van der Waals surface area contributed by atoms with Crippen molar-refractivity contribution >= 4 is 5.96 Å². The molecule has 0 radical (unpaired) electrons. The Balaban J connectivity index is 1.72. The van der Waals surface area contributed by atoms with Crippen molar-refractivity contribution in [3.63, 3.8) is 0 Å². The Morgan fingerprint density at radius 1 is 1.29 bits per heavy atom. The number of aliphatic hydroxyl groups is 1. The summed E-state index contributed by atoms with van der Waals surface area (Å²) in [6.07, 6.45) is 5.19. The lowest BCUT2D eigenvalue weighted by Crippen LogP contribution is -2.39. The molecule has 0 bridgehead atoms. The predicted molar refractivity (Wildman–Crippen MR) is 108 cm³/mol. The summed E-state index contributed by atoms with van der Waals surface area (Å²) >= 11 is 0. The van der Waals surface area contributed by atoms with E-state index in [2.05, 4.69) is 20.7 Å². The lowest BCUT2D eigenvalue weighted by Gasteiger charge is -2.20. The molecule has 0 saturated carbocycles. The maximum Gasteiger partial charge on any atom is 0.191 e. The molecule has 2 rings (SSSR count). The number of hydrogen-bond donors (Lipinski definition) is 3. The molecule has 0 aliphatic carbocycles. The molecule has 0 aliphatic rings. The summed E-state index contributed by atoms with van der Waals surface area (Å²) in [7, 11) is 1.81. The smallest absolute Gasteiger partial charge is 0.191 e. The fraction of sp³-hybridized carbons (Fsp3) is 0.500. The number of halogens is 1. The second kappa shape index (κ2) is 10.7. The quantitative estimate of drug-likeness (QED) is 0.328. The van der Waals surface area contributed by atoms with Crippen molar-refractivity contribution in [3.8, 4) is 5.75 Å². The number of benzene rings is 1. The van der Waals surface area contributed by atoms with Gasteiger partial charge in [-0.3, -0.25) is 4.68 Å². The standard InChI is InChI=1S/C20H30FN5O2/c1-4-22-19(24-15-20(2,27)16-13-25-26(3)14-16)23-11-5-6-12-28-18-9-7-17(21)8-10-18/h7-10,13-14,27H,4-6,11-12,15H2,1-3H3,(H2,22,23,24). The van der Waals surface area contributed by atoms with Crippen molar-refractivity contribution in [2.24, 2.45) is 12.0 Å². The maximum absolute atomic E-state index is 12.8. The van der Waals surface area contributed by atoms with Crippen molar-refractivity contribution in [2.75, 3.05) is 26.2 Å². The van der Waals surface area contributed by atoms with Crippen LogP contribution in [-0.4, -0.2) is 47.1 Å². The highest BCUT2D eigenvalue weighted by molar-refractivity contribution is 5.79. The molecule has 1 heterocycles. The molecule has 1 aromatic heterocycles. The lowest BCUT2D eigenvalue weighted by atomic mass is 10.0. The molecule has 0 amide bonds. The van der Waals surface area contributed by atoms with Crippen LogP contribution in [0, 0.1) is 5.82 Å². The van der Waals surface area contributed by atoms with Gasteiger partial charge in [0.05, 0.1) is 19.3 Å². The van der Waals surface area contributed by atoms with Gasteiger partial charge in [-0.25, -0.2) is 9.38 Å². The Hall–Kier alpha value is -2.61. The van der Waals surface area contributed by atoms with Gasteiger partial charge in [-0.1, -0.05) is 0 Å². The molecule has 8 heteroatoms. The van der Waals surface area contributed by atoms with Crippen molar-refractivity contribution in [3.05, 3.63) is 48.0 Å². The van der Waals surface area contributed by atoms with E-state index in [1.165, 1.54) is 12.1 Å². The second-order valence-electron chi connectivity index (χ2n) is 6.81. The number of aryl methyl sites for hydroxylation is 1. The normalized spacial score (nSPS) is 13.8. The van der Waals surface area contributed by atoms with Crippen molar-refractivity contribution < 1.29 is 14.2 Å². The molecule has 0 spiro atoms. The minimum absolute atomic E-state index is 0.224. The third kappa shape index (κ3) is 7.19. The molecule has 2 aromatic rings. The SMILES string of the molecule is CCNC(=NCC(C)(O)c1cnn(C)c1)NCCCCOc1ccc(F)cc1. The summed E-state index contributed by atoms with van der Waals surface area (Å²) in [5, 5.41) is 21.2. The van der Waals surface area contributed by atoms with Crippen LogP contribution in [0.2, 0.25) is 0 Å². The number of aliphatic imine (C=N–C) groups is 1. The Labute approximate surface area is 165 Å². The molecule has 0 fully saturated rings. The number of unbranched alkanes of at least 4 members (excludes halogenated alkanes) is 1. The highest BCUT2D eigenvalue weighted by Gasteiger charge is 2.24. The largest absolute Gasteiger partial charge is 0.494 e. The Kier molecular flexibility index (Phi) is 8.25. The van der Waals surface area contributed by atoms with E-state index < -0.39 is 5.60 Å². The van der Waals surface area contributed by atoms with Crippen LogP contribution >= 0.6 is 0 Å². The van der Waals surface area contributed by atoms with Gasteiger partial charge in [-0.15, -0.1) is 0 Å². The van der Waals surface area contributed by atoms with Gasteiger partial charge in [0.25, 0.3) is 0 Å². The molecule has 1 aromatic carbocycles. The zero-order valence-electron chi connectivity index (χ0n) is 16.8. The van der Waals surface area contributed by atoms with Gasteiger partial charge in [-0.2, -0.15) is 5.10 Å². The molecule has 1 unspecified atom stereocenters. The Morgan fingerprint density at radius 2 is 2.04 bits per heavy atom. The molecule has 1 atom stereocenters. The lowest BCUT2D eigenvalue weighted by molar-refractivity contribution is 0.0672. The zero-order chi connectivity index (χ0) is 20.4. The minimum atomic E-state index is -1.08. The molecule has 28 heavy (non-hydrogen) atoms. The molecule has 0 saturated heterocycles. The molecule has 3 N–H and O–H groups in total. The molecular formula is C20H30FN5O2. The number of guanidine groups is 1. The van der Waals surface area contributed by atoms with Crippen LogP contribution in [0.4, 0.5) is 4.39 Å². The fourth-order valence-corrected chi connectivity index (χ4v) is 2.52. The molecular weight excluding hydrogens is 361 g/mol. The van der Waals surface area contributed by atoms with Gasteiger partial charge in [-0.05, 0) is 51.0 Å². The van der Waals surface area contributed by atoms with E-state index in [4.69, 9.17) is 4.74 Å². The summed E-state index contributed by atoms with van der Waals surface area (Å²) in [6, 6.07) is 6.02. The average molecular weight is 391 g/mol. The van der Waals surface area contributed by atoms with E-state index in [1.807, 2.05) is 14.0 Å². The number of ether oxygens (including phenoxy) is 1. The highest BCUT2D eigenvalue weighted by atomic mass is 19.1. The summed E-state index contributed by atoms with van der Waals surface area (Å²) in [5.74, 6) is 1.06. The Bertz CT molecular complexity index is 743. The van der Waals surface area contributed by atoms with Gasteiger partial charge < -0.3 is 20.5 Å². The highest BCUT2D eigenvalue weighted by Crippen LogP contribution is 2.19.